The molecule has 3 unspecified atom stereocenters. The zero-order valence-electron chi connectivity index (χ0n) is 10.2. The second-order valence-electron chi connectivity index (χ2n) is 5.10. The van der Waals surface area contributed by atoms with E-state index in [1.54, 1.807) is 0 Å². The van der Waals surface area contributed by atoms with E-state index < -0.39 is 0 Å². The van der Waals surface area contributed by atoms with Crippen molar-refractivity contribution in [3.05, 3.63) is 0 Å². The van der Waals surface area contributed by atoms with Gasteiger partial charge < -0.3 is 15.4 Å². The molecule has 0 bridgehead atoms. The highest BCUT2D eigenvalue weighted by atomic mass is 16.5. The van der Waals surface area contributed by atoms with Crippen molar-refractivity contribution in [1.29, 1.82) is 0 Å². The van der Waals surface area contributed by atoms with Crippen LogP contribution in [-0.4, -0.2) is 38.8 Å². The second-order valence-corrected chi connectivity index (χ2v) is 5.10. The number of hydrogen-bond donors (Lipinski definition) is 2. The quantitative estimate of drug-likeness (QED) is 0.712. The summed E-state index contributed by atoms with van der Waals surface area (Å²) in [4.78, 5) is 11.9. The number of amides is 1. The van der Waals surface area contributed by atoms with Gasteiger partial charge in [0.25, 0.3) is 0 Å². The van der Waals surface area contributed by atoms with Crippen molar-refractivity contribution in [3.8, 4) is 0 Å². The van der Waals surface area contributed by atoms with Crippen molar-refractivity contribution in [2.24, 2.45) is 17.8 Å². The maximum absolute atomic E-state index is 11.9. The highest BCUT2D eigenvalue weighted by molar-refractivity contribution is 5.79. The molecule has 4 heteroatoms. The minimum absolute atomic E-state index is 0.0172. The zero-order valence-corrected chi connectivity index (χ0v) is 10.2. The largest absolute Gasteiger partial charge is 0.379 e. The van der Waals surface area contributed by atoms with Gasteiger partial charge in [0, 0.05) is 12.6 Å². The molecule has 4 nitrogen and oxygen atoms in total. The molecule has 0 aromatic carbocycles. The van der Waals surface area contributed by atoms with E-state index in [0.29, 0.717) is 19.1 Å². The molecule has 2 fully saturated rings. The Morgan fingerprint density at radius 3 is 2.81 bits per heavy atom. The first-order valence-electron chi connectivity index (χ1n) is 6.25. The SMILES string of the molecule is CNC1COCC1C(=O)NCC(C)C1CC1. The number of hydrogen-bond acceptors (Lipinski definition) is 3. The topological polar surface area (TPSA) is 50.4 Å². The number of rotatable bonds is 5. The standard InChI is InChI=1S/C12H22N2O2/c1-8(9-3-4-9)5-14-12(15)10-6-16-7-11(10)13-2/h8-11,13H,3-7H2,1-2H3,(H,14,15). The lowest BCUT2D eigenvalue weighted by atomic mass is 10.0. The van der Waals surface area contributed by atoms with Crippen LogP contribution in [0.1, 0.15) is 19.8 Å². The van der Waals surface area contributed by atoms with E-state index in [1.807, 2.05) is 7.05 Å². The Balaban J connectivity index is 1.73. The third-order valence-corrected chi connectivity index (χ3v) is 3.81. The van der Waals surface area contributed by atoms with Crippen LogP contribution < -0.4 is 10.6 Å². The van der Waals surface area contributed by atoms with Gasteiger partial charge in [-0.3, -0.25) is 4.79 Å². The monoisotopic (exact) mass is 226 g/mol. The Morgan fingerprint density at radius 2 is 2.19 bits per heavy atom. The maximum Gasteiger partial charge on any atom is 0.227 e. The first-order valence-corrected chi connectivity index (χ1v) is 6.25. The highest BCUT2D eigenvalue weighted by Crippen LogP contribution is 2.36. The Kier molecular flexibility index (Phi) is 3.82. The molecule has 0 aromatic rings. The summed E-state index contributed by atoms with van der Waals surface area (Å²) >= 11 is 0. The van der Waals surface area contributed by atoms with Crippen LogP contribution in [0.4, 0.5) is 0 Å². The first-order chi connectivity index (χ1) is 7.72. The van der Waals surface area contributed by atoms with Gasteiger partial charge in [-0.2, -0.15) is 0 Å². The lowest BCUT2D eigenvalue weighted by Crippen LogP contribution is -2.43. The van der Waals surface area contributed by atoms with Gasteiger partial charge in [-0.05, 0) is 31.7 Å². The molecule has 0 aromatic heterocycles. The van der Waals surface area contributed by atoms with Crippen LogP contribution in [0.15, 0.2) is 0 Å². The van der Waals surface area contributed by atoms with Gasteiger partial charge in [-0.15, -0.1) is 0 Å². The smallest absolute Gasteiger partial charge is 0.227 e. The molecule has 3 atom stereocenters. The van der Waals surface area contributed by atoms with Crippen LogP contribution in [0, 0.1) is 17.8 Å². The molecule has 0 radical (unpaired) electrons. The van der Waals surface area contributed by atoms with Gasteiger partial charge in [0.1, 0.15) is 0 Å². The summed E-state index contributed by atoms with van der Waals surface area (Å²) in [5.74, 6) is 1.60. The van der Waals surface area contributed by atoms with E-state index in [4.69, 9.17) is 4.74 Å². The van der Waals surface area contributed by atoms with Crippen molar-refractivity contribution in [1.82, 2.24) is 10.6 Å². The predicted molar refractivity (Wildman–Crippen MR) is 62.1 cm³/mol. The number of ether oxygens (including phenoxy) is 1. The molecule has 1 saturated carbocycles. The van der Waals surface area contributed by atoms with Crippen LogP contribution in [0.2, 0.25) is 0 Å². The zero-order chi connectivity index (χ0) is 11.5. The maximum atomic E-state index is 11.9. The summed E-state index contributed by atoms with van der Waals surface area (Å²) in [5, 5.41) is 6.18. The Bertz CT molecular complexity index is 253. The second kappa shape index (κ2) is 5.15. The van der Waals surface area contributed by atoms with Crippen molar-refractivity contribution in [3.63, 3.8) is 0 Å². The van der Waals surface area contributed by atoms with E-state index in [1.165, 1.54) is 12.8 Å². The average molecular weight is 226 g/mol. The van der Waals surface area contributed by atoms with E-state index in [0.717, 1.165) is 12.5 Å². The molecule has 1 aliphatic heterocycles. The minimum atomic E-state index is -0.0172. The molecular formula is C12H22N2O2. The van der Waals surface area contributed by atoms with E-state index in [-0.39, 0.29) is 17.9 Å². The lowest BCUT2D eigenvalue weighted by Gasteiger charge is -2.18. The fraction of sp³-hybridized carbons (Fsp3) is 0.917. The van der Waals surface area contributed by atoms with Gasteiger partial charge in [-0.25, -0.2) is 0 Å². The molecule has 2 rings (SSSR count). The van der Waals surface area contributed by atoms with Crippen molar-refractivity contribution in [2.45, 2.75) is 25.8 Å². The van der Waals surface area contributed by atoms with E-state index in [9.17, 15) is 4.79 Å². The third-order valence-electron chi connectivity index (χ3n) is 3.81. The molecule has 16 heavy (non-hydrogen) atoms. The fourth-order valence-corrected chi connectivity index (χ4v) is 2.32. The van der Waals surface area contributed by atoms with Crippen LogP contribution in [-0.2, 0) is 9.53 Å². The summed E-state index contributed by atoms with van der Waals surface area (Å²) in [7, 11) is 1.88. The van der Waals surface area contributed by atoms with Gasteiger partial charge >= 0.3 is 0 Å². The minimum Gasteiger partial charge on any atom is -0.379 e. The summed E-state index contributed by atoms with van der Waals surface area (Å²) in [6.07, 6.45) is 2.67. The van der Waals surface area contributed by atoms with Gasteiger partial charge in [0.2, 0.25) is 5.91 Å². The van der Waals surface area contributed by atoms with Crippen molar-refractivity contribution < 1.29 is 9.53 Å². The van der Waals surface area contributed by atoms with Crippen LogP contribution in [0.25, 0.3) is 0 Å². The molecule has 1 heterocycles. The van der Waals surface area contributed by atoms with Crippen molar-refractivity contribution in [2.75, 3.05) is 26.8 Å². The predicted octanol–water partition coefficient (Wildman–Crippen LogP) is 0.383. The Hall–Kier alpha value is -0.610. The van der Waals surface area contributed by atoms with Gasteiger partial charge in [-0.1, -0.05) is 6.92 Å². The summed E-state index contributed by atoms with van der Waals surface area (Å²) in [5.41, 5.74) is 0. The number of nitrogens with one attached hydrogen (secondary N) is 2. The highest BCUT2D eigenvalue weighted by Gasteiger charge is 2.34. The van der Waals surface area contributed by atoms with Crippen LogP contribution in [0.5, 0.6) is 0 Å². The van der Waals surface area contributed by atoms with E-state index >= 15 is 0 Å². The Labute approximate surface area is 97.1 Å². The summed E-state index contributed by atoms with van der Waals surface area (Å²) in [6, 6.07) is 0.177. The summed E-state index contributed by atoms with van der Waals surface area (Å²) in [6.45, 7) is 4.23. The van der Waals surface area contributed by atoms with Crippen molar-refractivity contribution >= 4 is 5.91 Å². The first kappa shape index (κ1) is 11.9. The normalized spacial score (nSPS) is 31.4. The van der Waals surface area contributed by atoms with Crippen LogP contribution >= 0.6 is 0 Å². The summed E-state index contributed by atoms with van der Waals surface area (Å²) < 4.78 is 5.33. The molecule has 0 spiro atoms. The fourth-order valence-electron chi connectivity index (χ4n) is 2.32. The number of likely N-dealkylation sites (N-methyl/N-ethyl adjacent to an activating group) is 1. The van der Waals surface area contributed by atoms with Gasteiger partial charge in [0.15, 0.2) is 0 Å². The average Bonchev–Trinajstić information content (AvgIpc) is 3.03. The molecule has 2 N–H and O–H groups in total. The number of carbonyl (C=O) groups excluding carboxylic acids is 1. The molecule has 1 aliphatic carbocycles. The van der Waals surface area contributed by atoms with E-state index in [2.05, 4.69) is 17.6 Å². The third kappa shape index (κ3) is 2.74. The molecule has 1 saturated heterocycles. The Morgan fingerprint density at radius 1 is 1.44 bits per heavy atom. The lowest BCUT2D eigenvalue weighted by molar-refractivity contribution is -0.125. The molecule has 1 amide bonds. The molecule has 2 aliphatic rings. The molecule has 92 valence electrons. The molecular weight excluding hydrogens is 204 g/mol. The van der Waals surface area contributed by atoms with Crippen LogP contribution in [0.3, 0.4) is 0 Å². The number of carbonyl (C=O) groups is 1. The van der Waals surface area contributed by atoms with Gasteiger partial charge in [0.05, 0.1) is 19.1 Å².